The first kappa shape index (κ1) is 10.7. The summed E-state index contributed by atoms with van der Waals surface area (Å²) < 4.78 is 1.41. The monoisotopic (exact) mass is 258 g/mol. The van der Waals surface area contributed by atoms with Gasteiger partial charge in [0.05, 0.1) is 4.83 Å². The van der Waals surface area contributed by atoms with E-state index in [4.69, 9.17) is 5.26 Å². The van der Waals surface area contributed by atoms with Crippen LogP contribution < -0.4 is 0 Å². The van der Waals surface area contributed by atoms with Crippen LogP contribution in [-0.4, -0.2) is 14.5 Å². The Morgan fingerprint density at radius 1 is 1.79 bits per heavy atom. The van der Waals surface area contributed by atoms with E-state index in [1.807, 2.05) is 0 Å². The van der Waals surface area contributed by atoms with Gasteiger partial charge in [-0.3, -0.25) is 4.57 Å². The molecule has 14 heavy (non-hydrogen) atoms. The number of nitrogens with zero attached hydrogens (tertiary/aromatic N) is 4. The molecule has 7 heteroatoms. The summed E-state index contributed by atoms with van der Waals surface area (Å²) in [6.07, 6.45) is 0. The minimum atomic E-state index is -0.589. The predicted octanol–water partition coefficient (Wildman–Crippen LogP) is 1.66. The number of aromatic nitrogens is 2. The smallest absolute Gasteiger partial charge is 0.358 e. The Bertz CT molecular complexity index is 418. The minimum Gasteiger partial charge on any atom is -0.358 e. The highest BCUT2D eigenvalue weighted by atomic mass is 79.9. The molecule has 1 heterocycles. The van der Waals surface area contributed by atoms with E-state index < -0.39 is 4.92 Å². The van der Waals surface area contributed by atoms with Gasteiger partial charge < -0.3 is 10.1 Å². The summed E-state index contributed by atoms with van der Waals surface area (Å²) in [6.45, 7) is 1.74. The fourth-order valence-electron chi connectivity index (χ4n) is 1.18. The Hall–Kier alpha value is -1.42. The van der Waals surface area contributed by atoms with Gasteiger partial charge in [0.2, 0.25) is 0 Å². The van der Waals surface area contributed by atoms with Crippen molar-refractivity contribution in [1.29, 1.82) is 5.26 Å². The topological polar surface area (TPSA) is 84.8 Å². The van der Waals surface area contributed by atoms with Crippen LogP contribution >= 0.6 is 15.9 Å². The fraction of sp³-hybridized carbons (Fsp3) is 0.429. The van der Waals surface area contributed by atoms with Gasteiger partial charge in [0.25, 0.3) is 0 Å². The van der Waals surface area contributed by atoms with E-state index in [0.29, 0.717) is 5.69 Å². The van der Waals surface area contributed by atoms with Gasteiger partial charge in [0, 0.05) is 7.05 Å². The molecular formula is C7H7BrN4O2. The normalized spacial score (nSPS) is 12.1. The van der Waals surface area contributed by atoms with E-state index in [0.717, 1.165) is 0 Å². The van der Waals surface area contributed by atoms with Crippen LogP contribution in [-0.2, 0) is 7.05 Å². The summed E-state index contributed by atoms with van der Waals surface area (Å²) >= 11 is 3.22. The lowest BCUT2D eigenvalue weighted by Crippen LogP contribution is -2.01. The first-order valence-corrected chi connectivity index (χ1v) is 4.65. The summed E-state index contributed by atoms with van der Waals surface area (Å²) in [5, 5.41) is 19.3. The third-order valence-electron chi connectivity index (χ3n) is 1.77. The lowest BCUT2D eigenvalue weighted by molar-refractivity contribution is -0.390. The van der Waals surface area contributed by atoms with Crippen LogP contribution in [0.25, 0.3) is 0 Å². The van der Waals surface area contributed by atoms with Crippen LogP contribution in [0.1, 0.15) is 23.3 Å². The van der Waals surface area contributed by atoms with Crippen molar-refractivity contribution in [3.05, 3.63) is 21.6 Å². The molecule has 0 saturated heterocycles. The number of nitriles is 1. The van der Waals surface area contributed by atoms with Crippen molar-refractivity contribution in [3.8, 4) is 6.07 Å². The second-order valence-electron chi connectivity index (χ2n) is 2.69. The molecule has 0 aliphatic carbocycles. The molecule has 1 rings (SSSR count). The Labute approximate surface area is 88.4 Å². The standard InChI is InChI=1S/C7H7BrN4O2/c1-4(8)6-7(12(13)14)10-5(3-9)11(6)2/h4H,1-2H3. The van der Waals surface area contributed by atoms with Crippen molar-refractivity contribution in [3.63, 3.8) is 0 Å². The maximum absolute atomic E-state index is 10.6. The molecule has 0 aliphatic rings. The number of nitro groups is 1. The van der Waals surface area contributed by atoms with Gasteiger partial charge >= 0.3 is 11.6 Å². The number of imidazole rings is 1. The summed E-state index contributed by atoms with van der Waals surface area (Å²) in [5.41, 5.74) is 0.395. The molecular weight excluding hydrogens is 252 g/mol. The Morgan fingerprint density at radius 3 is 2.64 bits per heavy atom. The van der Waals surface area contributed by atoms with Gasteiger partial charge in [-0.05, 0) is 16.8 Å². The fourth-order valence-corrected chi connectivity index (χ4v) is 1.69. The van der Waals surface area contributed by atoms with Gasteiger partial charge in [-0.25, -0.2) is 0 Å². The van der Waals surface area contributed by atoms with Crippen LogP contribution in [0.15, 0.2) is 0 Å². The van der Waals surface area contributed by atoms with Crippen molar-refractivity contribution >= 4 is 21.7 Å². The zero-order valence-electron chi connectivity index (χ0n) is 7.56. The Kier molecular flexibility index (Phi) is 2.86. The zero-order chi connectivity index (χ0) is 10.9. The van der Waals surface area contributed by atoms with Crippen molar-refractivity contribution in [2.75, 3.05) is 0 Å². The van der Waals surface area contributed by atoms with E-state index >= 15 is 0 Å². The van der Waals surface area contributed by atoms with E-state index in [1.165, 1.54) is 4.57 Å². The molecule has 0 saturated carbocycles. The van der Waals surface area contributed by atoms with Crippen molar-refractivity contribution in [1.82, 2.24) is 9.55 Å². The summed E-state index contributed by atoms with van der Waals surface area (Å²) in [5.74, 6) is -0.230. The van der Waals surface area contributed by atoms with Gasteiger partial charge in [-0.2, -0.15) is 5.26 Å². The van der Waals surface area contributed by atoms with Crippen LogP contribution in [0.5, 0.6) is 0 Å². The SMILES string of the molecule is CC(Br)c1c([N+](=O)[O-])nc(C#N)n1C. The van der Waals surface area contributed by atoms with Crippen LogP contribution in [0, 0.1) is 21.4 Å². The second kappa shape index (κ2) is 3.75. The lowest BCUT2D eigenvalue weighted by atomic mass is 10.3. The van der Waals surface area contributed by atoms with Crippen LogP contribution in [0.3, 0.4) is 0 Å². The van der Waals surface area contributed by atoms with Gasteiger partial charge in [-0.15, -0.1) is 0 Å². The first-order valence-electron chi connectivity index (χ1n) is 3.74. The molecule has 0 aromatic carbocycles. The number of rotatable bonds is 2. The van der Waals surface area contributed by atoms with Crippen LogP contribution in [0.4, 0.5) is 5.82 Å². The highest BCUT2D eigenvalue weighted by Gasteiger charge is 2.27. The third-order valence-corrected chi connectivity index (χ3v) is 2.20. The first-order chi connectivity index (χ1) is 6.49. The van der Waals surface area contributed by atoms with Crippen molar-refractivity contribution in [2.24, 2.45) is 7.05 Å². The average Bonchev–Trinajstić information content (AvgIpc) is 2.42. The highest BCUT2D eigenvalue weighted by Crippen LogP contribution is 2.30. The van der Waals surface area contributed by atoms with Crippen molar-refractivity contribution in [2.45, 2.75) is 11.8 Å². The second-order valence-corrected chi connectivity index (χ2v) is 4.06. The third kappa shape index (κ3) is 1.61. The molecule has 0 spiro atoms. The zero-order valence-corrected chi connectivity index (χ0v) is 9.15. The molecule has 1 aromatic rings. The van der Waals surface area contributed by atoms with E-state index in [9.17, 15) is 10.1 Å². The molecule has 0 radical (unpaired) electrons. The molecule has 1 atom stereocenters. The predicted molar refractivity (Wildman–Crippen MR) is 51.9 cm³/mol. The lowest BCUT2D eigenvalue weighted by Gasteiger charge is -2.02. The number of hydrogen-bond donors (Lipinski definition) is 0. The van der Waals surface area contributed by atoms with Gasteiger partial charge in [0.1, 0.15) is 5.69 Å². The van der Waals surface area contributed by atoms with Gasteiger partial charge in [-0.1, -0.05) is 15.9 Å². The molecule has 1 unspecified atom stereocenters. The summed E-state index contributed by atoms with van der Waals surface area (Å²) in [4.78, 5) is 13.4. The molecule has 0 N–H and O–H groups in total. The molecule has 0 amide bonds. The Morgan fingerprint density at radius 2 is 2.36 bits per heavy atom. The number of halogens is 1. The minimum absolute atomic E-state index is 0.0398. The molecule has 6 nitrogen and oxygen atoms in total. The maximum Gasteiger partial charge on any atom is 0.387 e. The molecule has 0 fully saturated rings. The van der Waals surface area contributed by atoms with E-state index in [-0.39, 0.29) is 16.5 Å². The van der Waals surface area contributed by atoms with Gasteiger partial charge in [0.15, 0.2) is 6.07 Å². The summed E-state index contributed by atoms with van der Waals surface area (Å²) in [7, 11) is 1.58. The Balaban J connectivity index is 3.44. The maximum atomic E-state index is 10.6. The highest BCUT2D eigenvalue weighted by molar-refractivity contribution is 9.09. The van der Waals surface area contributed by atoms with Crippen LogP contribution in [0.2, 0.25) is 0 Å². The largest absolute Gasteiger partial charge is 0.387 e. The molecule has 74 valence electrons. The quantitative estimate of drug-likeness (QED) is 0.459. The van der Waals surface area contributed by atoms with E-state index in [2.05, 4.69) is 20.9 Å². The molecule has 0 bridgehead atoms. The average molecular weight is 259 g/mol. The van der Waals surface area contributed by atoms with Crippen molar-refractivity contribution < 1.29 is 4.92 Å². The number of hydrogen-bond acceptors (Lipinski definition) is 4. The van der Waals surface area contributed by atoms with E-state index in [1.54, 1.807) is 20.0 Å². The molecule has 0 aliphatic heterocycles. The number of alkyl halides is 1. The summed E-state index contributed by atoms with van der Waals surface area (Å²) in [6, 6.07) is 1.79. The molecule has 1 aromatic heterocycles.